The molecule has 1 aliphatic heterocycles. The number of amides is 1. The minimum absolute atomic E-state index is 0.0563. The number of ether oxygens (including phenoxy) is 1. The maximum absolute atomic E-state index is 11.1. The highest BCUT2D eigenvalue weighted by Crippen LogP contribution is 2.21. The fourth-order valence-electron chi connectivity index (χ4n) is 1.46. The lowest BCUT2D eigenvalue weighted by atomic mass is 10.0. The van der Waals surface area contributed by atoms with Gasteiger partial charge in [-0.3, -0.25) is 4.79 Å². The average Bonchev–Trinajstić information content (AvgIpc) is 2.16. The lowest BCUT2D eigenvalue weighted by Gasteiger charge is -2.17. The van der Waals surface area contributed by atoms with Crippen LogP contribution in [0.1, 0.15) is 11.1 Å². The van der Waals surface area contributed by atoms with Crippen molar-refractivity contribution < 1.29 is 9.53 Å². The number of aromatic nitrogens is 1. The van der Waals surface area contributed by atoms with Gasteiger partial charge in [0, 0.05) is 18.3 Å². The Hall–Kier alpha value is -1.58. The summed E-state index contributed by atoms with van der Waals surface area (Å²) in [6, 6.07) is 1.86. The molecule has 0 unspecified atom stereocenters. The van der Waals surface area contributed by atoms with Gasteiger partial charge in [-0.25, -0.2) is 4.98 Å². The van der Waals surface area contributed by atoms with Gasteiger partial charge < -0.3 is 10.1 Å². The Bertz CT molecular complexity index is 349. The molecule has 0 atom stereocenters. The van der Waals surface area contributed by atoms with Crippen LogP contribution in [-0.4, -0.2) is 18.0 Å². The summed E-state index contributed by atoms with van der Waals surface area (Å²) in [5, 5.41) is 2.75. The minimum Gasteiger partial charge on any atom is -0.481 e. The molecule has 4 heteroatoms. The van der Waals surface area contributed by atoms with E-state index >= 15 is 0 Å². The third kappa shape index (κ3) is 1.35. The molecule has 68 valence electrons. The number of pyridine rings is 1. The highest BCUT2D eigenvalue weighted by atomic mass is 16.5. The molecule has 0 aromatic carbocycles. The molecule has 0 spiro atoms. The van der Waals surface area contributed by atoms with Gasteiger partial charge in [0.2, 0.25) is 11.8 Å². The first kappa shape index (κ1) is 8.04. The molecule has 1 aliphatic rings. The summed E-state index contributed by atoms with van der Waals surface area (Å²) in [5.74, 6) is 0.665. The zero-order valence-corrected chi connectivity index (χ0v) is 7.33. The number of nitrogens with zero attached hydrogens (tertiary/aromatic N) is 1. The first-order valence-corrected chi connectivity index (χ1v) is 4.08. The minimum atomic E-state index is 0.0563. The number of fused-ring (bicyclic) bond motifs is 1. The molecule has 2 heterocycles. The zero-order valence-electron chi connectivity index (χ0n) is 7.33. The zero-order chi connectivity index (χ0) is 9.26. The monoisotopic (exact) mass is 178 g/mol. The second kappa shape index (κ2) is 3.05. The molecule has 1 aromatic heterocycles. The summed E-state index contributed by atoms with van der Waals surface area (Å²) < 4.78 is 5.09. The van der Waals surface area contributed by atoms with Gasteiger partial charge in [0.1, 0.15) is 0 Å². The van der Waals surface area contributed by atoms with Crippen molar-refractivity contribution in [1.82, 2.24) is 10.3 Å². The summed E-state index contributed by atoms with van der Waals surface area (Å²) in [4.78, 5) is 15.1. The Morgan fingerprint density at radius 1 is 1.62 bits per heavy atom. The van der Waals surface area contributed by atoms with Crippen molar-refractivity contribution in [3.05, 3.63) is 23.4 Å². The van der Waals surface area contributed by atoms with E-state index in [1.165, 1.54) is 0 Å². The third-order valence-electron chi connectivity index (χ3n) is 2.12. The molecule has 1 aromatic rings. The Morgan fingerprint density at radius 2 is 2.46 bits per heavy atom. The number of nitrogens with one attached hydrogen (secondary N) is 1. The topological polar surface area (TPSA) is 51.2 Å². The molecule has 0 fully saturated rings. The van der Waals surface area contributed by atoms with Gasteiger partial charge in [-0.2, -0.15) is 0 Å². The van der Waals surface area contributed by atoms with E-state index < -0.39 is 0 Å². The van der Waals surface area contributed by atoms with Crippen LogP contribution in [0.15, 0.2) is 12.3 Å². The summed E-state index contributed by atoms with van der Waals surface area (Å²) >= 11 is 0. The number of hydrogen-bond donors (Lipinski definition) is 1. The standard InChI is InChI=1S/C9H10N2O2/c1-13-9-7-5-11-8(12)4-6(7)2-3-10-9/h2-3H,4-5H2,1H3,(H,11,12). The molecule has 1 N–H and O–H groups in total. The summed E-state index contributed by atoms with van der Waals surface area (Å²) in [6.07, 6.45) is 2.09. The van der Waals surface area contributed by atoms with E-state index in [9.17, 15) is 4.79 Å². The predicted molar refractivity (Wildman–Crippen MR) is 46.3 cm³/mol. The van der Waals surface area contributed by atoms with Crippen LogP contribution >= 0.6 is 0 Å². The molecule has 0 bridgehead atoms. The lowest BCUT2D eigenvalue weighted by Crippen LogP contribution is -2.30. The van der Waals surface area contributed by atoms with E-state index in [2.05, 4.69) is 10.3 Å². The summed E-state index contributed by atoms with van der Waals surface area (Å²) in [7, 11) is 1.58. The van der Waals surface area contributed by atoms with Crippen molar-refractivity contribution in [1.29, 1.82) is 0 Å². The highest BCUT2D eigenvalue weighted by molar-refractivity contribution is 5.80. The highest BCUT2D eigenvalue weighted by Gasteiger charge is 2.18. The van der Waals surface area contributed by atoms with Crippen LogP contribution < -0.4 is 10.1 Å². The fourth-order valence-corrected chi connectivity index (χ4v) is 1.46. The van der Waals surface area contributed by atoms with E-state index in [4.69, 9.17) is 4.74 Å². The molecule has 1 amide bonds. The maximum atomic E-state index is 11.1. The Labute approximate surface area is 75.9 Å². The fraction of sp³-hybridized carbons (Fsp3) is 0.333. The number of carbonyl (C=O) groups is 1. The van der Waals surface area contributed by atoms with Gasteiger partial charge in [-0.1, -0.05) is 0 Å². The van der Waals surface area contributed by atoms with Crippen molar-refractivity contribution in [2.24, 2.45) is 0 Å². The lowest BCUT2D eigenvalue weighted by molar-refractivity contribution is -0.121. The van der Waals surface area contributed by atoms with Crippen molar-refractivity contribution >= 4 is 5.91 Å². The van der Waals surface area contributed by atoms with Crippen LogP contribution in [0.2, 0.25) is 0 Å². The molecule has 0 saturated heterocycles. The maximum Gasteiger partial charge on any atom is 0.224 e. The van der Waals surface area contributed by atoms with Crippen LogP contribution in [0, 0.1) is 0 Å². The Balaban J connectivity index is 2.45. The number of carbonyl (C=O) groups excluding carboxylic acids is 1. The molecule has 0 aliphatic carbocycles. The summed E-state index contributed by atoms with van der Waals surface area (Å²) in [6.45, 7) is 0.519. The van der Waals surface area contributed by atoms with Crippen LogP contribution in [0.4, 0.5) is 0 Å². The van der Waals surface area contributed by atoms with Gasteiger partial charge >= 0.3 is 0 Å². The van der Waals surface area contributed by atoms with E-state index in [1.54, 1.807) is 13.3 Å². The molecular weight excluding hydrogens is 168 g/mol. The molecular formula is C9H10N2O2. The number of hydrogen-bond acceptors (Lipinski definition) is 3. The van der Waals surface area contributed by atoms with Crippen molar-refractivity contribution in [3.8, 4) is 5.88 Å². The summed E-state index contributed by atoms with van der Waals surface area (Å²) in [5.41, 5.74) is 2.00. The first-order valence-electron chi connectivity index (χ1n) is 4.08. The Kier molecular flexibility index (Phi) is 1.88. The van der Waals surface area contributed by atoms with Crippen LogP contribution in [0.25, 0.3) is 0 Å². The average molecular weight is 178 g/mol. The molecule has 0 radical (unpaired) electrons. The van der Waals surface area contributed by atoms with Gasteiger partial charge in [0.25, 0.3) is 0 Å². The van der Waals surface area contributed by atoms with Gasteiger partial charge in [-0.05, 0) is 11.6 Å². The van der Waals surface area contributed by atoms with Crippen molar-refractivity contribution in [3.63, 3.8) is 0 Å². The first-order chi connectivity index (χ1) is 6.31. The molecule has 0 saturated carbocycles. The predicted octanol–water partition coefficient (Wildman–Crippen LogP) is 0.262. The van der Waals surface area contributed by atoms with Crippen LogP contribution in [0.5, 0.6) is 5.88 Å². The molecule has 13 heavy (non-hydrogen) atoms. The van der Waals surface area contributed by atoms with Crippen LogP contribution in [0.3, 0.4) is 0 Å². The SMILES string of the molecule is COc1nccc2c1CNC(=O)C2. The van der Waals surface area contributed by atoms with Crippen LogP contribution in [-0.2, 0) is 17.8 Å². The Morgan fingerprint density at radius 3 is 3.23 bits per heavy atom. The van der Waals surface area contributed by atoms with E-state index in [0.29, 0.717) is 18.8 Å². The quantitative estimate of drug-likeness (QED) is 0.671. The molecule has 2 rings (SSSR count). The smallest absolute Gasteiger partial charge is 0.224 e. The number of rotatable bonds is 1. The van der Waals surface area contributed by atoms with Gasteiger partial charge in [-0.15, -0.1) is 0 Å². The third-order valence-corrected chi connectivity index (χ3v) is 2.12. The van der Waals surface area contributed by atoms with Crippen molar-refractivity contribution in [2.45, 2.75) is 13.0 Å². The van der Waals surface area contributed by atoms with Gasteiger partial charge in [0.05, 0.1) is 13.5 Å². The van der Waals surface area contributed by atoms with E-state index in [-0.39, 0.29) is 5.91 Å². The molecule has 4 nitrogen and oxygen atoms in total. The second-order valence-corrected chi connectivity index (χ2v) is 2.91. The normalized spacial score (nSPS) is 14.7. The second-order valence-electron chi connectivity index (χ2n) is 2.91. The van der Waals surface area contributed by atoms with E-state index in [0.717, 1.165) is 11.1 Å². The van der Waals surface area contributed by atoms with Gasteiger partial charge in [0.15, 0.2) is 0 Å². The van der Waals surface area contributed by atoms with E-state index in [1.807, 2.05) is 6.07 Å². The largest absolute Gasteiger partial charge is 0.481 e. The number of methoxy groups -OCH3 is 1. The van der Waals surface area contributed by atoms with Crippen molar-refractivity contribution in [2.75, 3.05) is 7.11 Å².